The normalized spacial score (nSPS) is 15.8. The summed E-state index contributed by atoms with van der Waals surface area (Å²) in [5, 5.41) is 9.85. The Balaban J connectivity index is 1.82. The monoisotopic (exact) mass is 265 g/mol. The lowest BCUT2D eigenvalue weighted by atomic mass is 9.79. The molecular formula is C18H19NO. The van der Waals surface area contributed by atoms with Crippen LogP contribution in [0.25, 0.3) is 0 Å². The van der Waals surface area contributed by atoms with Crippen molar-refractivity contribution in [2.45, 2.75) is 32.1 Å². The Morgan fingerprint density at radius 2 is 1.65 bits per heavy atom. The van der Waals surface area contributed by atoms with Crippen LogP contribution in [0.15, 0.2) is 53.5 Å². The molecule has 0 spiro atoms. The number of para-hydroxylation sites is 2. The number of hydrogen-bond donors (Lipinski definition) is 1. The highest BCUT2D eigenvalue weighted by molar-refractivity contribution is 6.01. The van der Waals surface area contributed by atoms with Crippen molar-refractivity contribution in [2.75, 3.05) is 0 Å². The van der Waals surface area contributed by atoms with Gasteiger partial charge in [-0.05, 0) is 36.1 Å². The van der Waals surface area contributed by atoms with Crippen LogP contribution in [0, 0.1) is 0 Å². The van der Waals surface area contributed by atoms with Crippen LogP contribution in [0.1, 0.15) is 31.4 Å². The Bertz CT molecular complexity index is 671. The van der Waals surface area contributed by atoms with Crippen molar-refractivity contribution in [2.24, 2.45) is 4.99 Å². The molecule has 0 fully saturated rings. The van der Waals surface area contributed by atoms with E-state index in [-0.39, 0.29) is 5.41 Å². The molecule has 0 amide bonds. The van der Waals surface area contributed by atoms with Crippen LogP contribution in [-0.2, 0) is 11.8 Å². The van der Waals surface area contributed by atoms with Gasteiger partial charge in [0.2, 0.25) is 0 Å². The van der Waals surface area contributed by atoms with Gasteiger partial charge in [0.1, 0.15) is 5.75 Å². The number of aromatic hydroxyl groups is 1. The Morgan fingerprint density at radius 3 is 2.40 bits per heavy atom. The molecule has 0 unspecified atom stereocenters. The number of fused-ring (bicyclic) bond motifs is 1. The van der Waals surface area contributed by atoms with E-state index in [1.807, 2.05) is 24.3 Å². The molecule has 2 aromatic carbocycles. The van der Waals surface area contributed by atoms with Crippen molar-refractivity contribution >= 4 is 11.4 Å². The molecule has 1 N–H and O–H groups in total. The van der Waals surface area contributed by atoms with Crippen molar-refractivity contribution in [1.82, 2.24) is 0 Å². The smallest absolute Gasteiger partial charge is 0.118 e. The average Bonchev–Trinajstić information content (AvgIpc) is 2.70. The highest BCUT2D eigenvalue weighted by atomic mass is 16.3. The summed E-state index contributed by atoms with van der Waals surface area (Å²) in [5.41, 5.74) is 4.56. The molecule has 0 saturated heterocycles. The van der Waals surface area contributed by atoms with E-state index in [1.165, 1.54) is 11.3 Å². The minimum Gasteiger partial charge on any atom is -0.508 e. The van der Waals surface area contributed by atoms with Crippen molar-refractivity contribution in [3.63, 3.8) is 0 Å². The minimum atomic E-state index is -0.0129. The standard InChI is InChI=1S/C18H19NO/c1-18(2)14-8-4-5-9-15(14)19-17(18)12-11-13-7-3-6-10-16(13)20/h3-10,20H,11-12H2,1-2H3. The number of rotatable bonds is 3. The first kappa shape index (κ1) is 12.9. The Labute approximate surface area is 119 Å². The Kier molecular flexibility index (Phi) is 3.09. The maximum absolute atomic E-state index is 9.85. The third-order valence-electron chi connectivity index (χ3n) is 4.18. The summed E-state index contributed by atoms with van der Waals surface area (Å²) in [6.07, 6.45) is 1.70. The summed E-state index contributed by atoms with van der Waals surface area (Å²) < 4.78 is 0. The van der Waals surface area contributed by atoms with Gasteiger partial charge < -0.3 is 5.11 Å². The Hall–Kier alpha value is -2.09. The molecule has 3 rings (SSSR count). The van der Waals surface area contributed by atoms with E-state index in [0.717, 1.165) is 24.1 Å². The maximum Gasteiger partial charge on any atom is 0.118 e. The van der Waals surface area contributed by atoms with Crippen LogP contribution in [0.5, 0.6) is 5.75 Å². The van der Waals surface area contributed by atoms with Crippen molar-refractivity contribution in [3.05, 3.63) is 59.7 Å². The second kappa shape index (κ2) is 4.78. The van der Waals surface area contributed by atoms with Crippen molar-refractivity contribution < 1.29 is 5.11 Å². The van der Waals surface area contributed by atoms with E-state index in [9.17, 15) is 5.11 Å². The number of phenolic OH excluding ortho intramolecular Hbond substituents is 1. The summed E-state index contributed by atoms with van der Waals surface area (Å²) in [4.78, 5) is 4.78. The molecule has 2 nitrogen and oxygen atoms in total. The van der Waals surface area contributed by atoms with Crippen LogP contribution in [0.4, 0.5) is 5.69 Å². The number of aryl methyl sites for hydroxylation is 1. The first-order chi connectivity index (χ1) is 9.59. The van der Waals surface area contributed by atoms with Gasteiger partial charge >= 0.3 is 0 Å². The van der Waals surface area contributed by atoms with Gasteiger partial charge in [-0.1, -0.05) is 50.2 Å². The zero-order valence-corrected chi connectivity index (χ0v) is 11.9. The molecule has 1 heterocycles. The fraction of sp³-hybridized carbons (Fsp3) is 0.278. The quantitative estimate of drug-likeness (QED) is 0.877. The summed E-state index contributed by atoms with van der Waals surface area (Å²) >= 11 is 0. The van der Waals surface area contributed by atoms with E-state index in [2.05, 4.69) is 32.0 Å². The SMILES string of the molecule is CC1(C)C(CCc2ccccc2O)=Nc2ccccc21. The van der Waals surface area contributed by atoms with Crippen LogP contribution in [-0.4, -0.2) is 10.8 Å². The second-order valence-corrected chi connectivity index (χ2v) is 5.83. The van der Waals surface area contributed by atoms with Crippen molar-refractivity contribution in [3.8, 4) is 5.75 Å². The average molecular weight is 265 g/mol. The molecule has 0 aromatic heterocycles. The third-order valence-corrected chi connectivity index (χ3v) is 4.18. The lowest BCUT2D eigenvalue weighted by Gasteiger charge is -2.22. The van der Waals surface area contributed by atoms with Gasteiger partial charge in [0.15, 0.2) is 0 Å². The molecule has 1 aliphatic rings. The van der Waals surface area contributed by atoms with E-state index >= 15 is 0 Å². The Morgan fingerprint density at radius 1 is 0.950 bits per heavy atom. The first-order valence-electron chi connectivity index (χ1n) is 7.03. The van der Waals surface area contributed by atoms with Crippen LogP contribution >= 0.6 is 0 Å². The zero-order valence-electron chi connectivity index (χ0n) is 11.9. The van der Waals surface area contributed by atoms with E-state index in [1.54, 1.807) is 6.07 Å². The second-order valence-electron chi connectivity index (χ2n) is 5.83. The molecule has 2 heteroatoms. The van der Waals surface area contributed by atoms with Gasteiger partial charge in [-0.2, -0.15) is 0 Å². The van der Waals surface area contributed by atoms with E-state index in [0.29, 0.717) is 5.75 Å². The van der Waals surface area contributed by atoms with Gasteiger partial charge in [-0.15, -0.1) is 0 Å². The van der Waals surface area contributed by atoms with E-state index < -0.39 is 0 Å². The van der Waals surface area contributed by atoms with Gasteiger partial charge in [0, 0.05) is 11.1 Å². The molecule has 20 heavy (non-hydrogen) atoms. The highest BCUT2D eigenvalue weighted by Crippen LogP contribution is 2.40. The highest BCUT2D eigenvalue weighted by Gasteiger charge is 2.33. The zero-order chi connectivity index (χ0) is 14.2. The van der Waals surface area contributed by atoms with Gasteiger partial charge in [0.05, 0.1) is 5.69 Å². The van der Waals surface area contributed by atoms with E-state index in [4.69, 9.17) is 4.99 Å². The molecule has 0 atom stereocenters. The fourth-order valence-electron chi connectivity index (χ4n) is 2.88. The van der Waals surface area contributed by atoms with Gasteiger partial charge in [-0.3, -0.25) is 4.99 Å². The summed E-state index contributed by atoms with van der Waals surface area (Å²) in [5.74, 6) is 0.376. The van der Waals surface area contributed by atoms with Crippen molar-refractivity contribution in [1.29, 1.82) is 0 Å². The lowest BCUT2D eigenvalue weighted by Crippen LogP contribution is -2.25. The molecule has 102 valence electrons. The predicted octanol–water partition coefficient (Wildman–Crippen LogP) is 4.39. The maximum atomic E-state index is 9.85. The topological polar surface area (TPSA) is 32.6 Å². The lowest BCUT2D eigenvalue weighted by molar-refractivity contribution is 0.468. The molecular weight excluding hydrogens is 246 g/mol. The molecule has 2 aromatic rings. The number of phenols is 1. The number of benzene rings is 2. The molecule has 0 bridgehead atoms. The summed E-state index contributed by atoms with van der Waals surface area (Å²) in [6.45, 7) is 4.45. The predicted molar refractivity (Wildman–Crippen MR) is 83.0 cm³/mol. The fourth-order valence-corrected chi connectivity index (χ4v) is 2.88. The summed E-state index contributed by atoms with van der Waals surface area (Å²) in [6, 6.07) is 15.9. The van der Waals surface area contributed by atoms with Gasteiger partial charge in [-0.25, -0.2) is 0 Å². The molecule has 0 aliphatic carbocycles. The molecule has 0 saturated carbocycles. The first-order valence-corrected chi connectivity index (χ1v) is 7.03. The number of hydrogen-bond acceptors (Lipinski definition) is 2. The summed E-state index contributed by atoms with van der Waals surface area (Å²) in [7, 11) is 0. The van der Waals surface area contributed by atoms with Crippen LogP contribution in [0.3, 0.4) is 0 Å². The largest absolute Gasteiger partial charge is 0.508 e. The molecule has 1 aliphatic heterocycles. The van der Waals surface area contributed by atoms with Crippen LogP contribution in [0.2, 0.25) is 0 Å². The molecule has 0 radical (unpaired) electrons. The van der Waals surface area contributed by atoms with Gasteiger partial charge in [0.25, 0.3) is 0 Å². The minimum absolute atomic E-state index is 0.0129. The number of aliphatic imine (C=N–C) groups is 1. The number of nitrogens with zero attached hydrogens (tertiary/aromatic N) is 1. The third kappa shape index (κ3) is 2.11. The van der Waals surface area contributed by atoms with Crippen LogP contribution < -0.4 is 0 Å².